The number of rotatable bonds is 4. The molecular weight excluding hydrogens is 352 g/mol. The van der Waals surface area contributed by atoms with E-state index in [-0.39, 0.29) is 5.91 Å². The highest BCUT2D eigenvalue weighted by Gasteiger charge is 2.16. The molecule has 2 aromatic carbocycles. The largest absolute Gasteiger partial charge is 0.339 e. The Labute approximate surface area is 153 Å². The predicted octanol–water partition coefficient (Wildman–Crippen LogP) is 4.00. The lowest BCUT2D eigenvalue weighted by Gasteiger charge is -2.08. The van der Waals surface area contributed by atoms with Crippen LogP contribution < -0.4 is 10.6 Å². The van der Waals surface area contributed by atoms with E-state index in [1.807, 2.05) is 18.2 Å². The molecule has 0 saturated carbocycles. The minimum absolute atomic E-state index is 0.256. The molecule has 2 aromatic heterocycles. The molecule has 0 fully saturated rings. The third kappa shape index (κ3) is 3.20. The van der Waals surface area contributed by atoms with Gasteiger partial charge < -0.3 is 10.6 Å². The summed E-state index contributed by atoms with van der Waals surface area (Å²) in [5.74, 6) is 0.669. The lowest BCUT2D eigenvalue weighted by molar-refractivity contribution is 0.102. The number of carbonyl (C=O) groups excluding carboxylic acids is 1. The van der Waals surface area contributed by atoms with Crippen molar-refractivity contribution in [1.29, 1.82) is 0 Å². The highest BCUT2D eigenvalue weighted by Crippen LogP contribution is 2.28. The first-order valence-corrected chi connectivity index (χ1v) is 8.16. The number of anilines is 3. The number of fused-ring (bicyclic) bond motifs is 1. The number of nitrogens with zero attached hydrogens (tertiary/aromatic N) is 3. The van der Waals surface area contributed by atoms with Crippen LogP contribution in [0.2, 0.25) is 5.02 Å². The van der Waals surface area contributed by atoms with Gasteiger partial charge in [-0.1, -0.05) is 35.9 Å². The summed E-state index contributed by atoms with van der Waals surface area (Å²) in [6.07, 6.45) is 1.40. The molecule has 3 N–H and O–H groups in total. The Balaban J connectivity index is 1.69. The van der Waals surface area contributed by atoms with Gasteiger partial charge >= 0.3 is 0 Å². The van der Waals surface area contributed by atoms with Crippen LogP contribution in [0.25, 0.3) is 11.0 Å². The van der Waals surface area contributed by atoms with E-state index >= 15 is 0 Å². The first-order chi connectivity index (χ1) is 12.7. The van der Waals surface area contributed by atoms with Crippen LogP contribution in [0.4, 0.5) is 17.3 Å². The molecule has 26 heavy (non-hydrogen) atoms. The van der Waals surface area contributed by atoms with Gasteiger partial charge in [-0.05, 0) is 30.3 Å². The molecule has 0 saturated heterocycles. The molecule has 0 bridgehead atoms. The van der Waals surface area contributed by atoms with Crippen molar-refractivity contribution < 1.29 is 4.79 Å². The van der Waals surface area contributed by atoms with Crippen molar-refractivity contribution in [3.63, 3.8) is 0 Å². The summed E-state index contributed by atoms with van der Waals surface area (Å²) in [7, 11) is 0. The molecule has 0 radical (unpaired) electrons. The molecule has 0 atom stereocenters. The molecule has 128 valence electrons. The second kappa shape index (κ2) is 6.81. The fourth-order valence-corrected chi connectivity index (χ4v) is 2.71. The van der Waals surface area contributed by atoms with Gasteiger partial charge in [0.05, 0.1) is 0 Å². The van der Waals surface area contributed by atoms with Crippen molar-refractivity contribution in [2.45, 2.75) is 0 Å². The van der Waals surface area contributed by atoms with Gasteiger partial charge in [0.15, 0.2) is 5.65 Å². The summed E-state index contributed by atoms with van der Waals surface area (Å²) in [6.45, 7) is 0. The van der Waals surface area contributed by atoms with Crippen molar-refractivity contribution in [3.05, 3.63) is 71.5 Å². The topological polar surface area (TPSA) is 95.6 Å². The van der Waals surface area contributed by atoms with Gasteiger partial charge in [-0.2, -0.15) is 5.10 Å². The molecule has 4 rings (SSSR count). The summed E-state index contributed by atoms with van der Waals surface area (Å²) in [5.41, 5.74) is 1.74. The van der Waals surface area contributed by atoms with E-state index in [1.165, 1.54) is 6.33 Å². The summed E-state index contributed by atoms with van der Waals surface area (Å²) in [5, 5.41) is 14.1. The van der Waals surface area contributed by atoms with E-state index in [4.69, 9.17) is 11.6 Å². The number of aromatic amines is 1. The van der Waals surface area contributed by atoms with E-state index in [1.54, 1.807) is 36.4 Å². The Morgan fingerprint density at radius 2 is 1.88 bits per heavy atom. The molecular formula is C18H13ClN6O. The number of H-pyrrole nitrogens is 1. The fourth-order valence-electron chi connectivity index (χ4n) is 2.52. The first-order valence-electron chi connectivity index (χ1n) is 7.79. The smallest absolute Gasteiger partial charge is 0.256 e. The lowest BCUT2D eigenvalue weighted by atomic mass is 10.2. The third-order valence-electron chi connectivity index (χ3n) is 3.71. The van der Waals surface area contributed by atoms with Gasteiger partial charge in [-0.15, -0.1) is 0 Å². The molecule has 8 heteroatoms. The average molecular weight is 365 g/mol. The first kappa shape index (κ1) is 16.0. The summed E-state index contributed by atoms with van der Waals surface area (Å²) >= 11 is 6.03. The van der Waals surface area contributed by atoms with E-state index in [0.717, 1.165) is 5.69 Å². The normalized spacial score (nSPS) is 10.7. The molecule has 4 aromatic rings. The van der Waals surface area contributed by atoms with Gasteiger partial charge in [0.25, 0.3) is 5.91 Å². The second-order valence-electron chi connectivity index (χ2n) is 5.47. The Bertz CT molecular complexity index is 1080. The molecule has 0 aliphatic carbocycles. The molecule has 2 heterocycles. The maximum atomic E-state index is 12.4. The van der Waals surface area contributed by atoms with E-state index < -0.39 is 0 Å². The van der Waals surface area contributed by atoms with E-state index in [0.29, 0.717) is 33.3 Å². The predicted molar refractivity (Wildman–Crippen MR) is 101 cm³/mol. The quantitative estimate of drug-likeness (QED) is 0.508. The average Bonchev–Trinajstić information content (AvgIpc) is 3.06. The van der Waals surface area contributed by atoms with E-state index in [9.17, 15) is 4.79 Å². The van der Waals surface area contributed by atoms with Gasteiger partial charge in [0.1, 0.15) is 23.3 Å². The van der Waals surface area contributed by atoms with Gasteiger partial charge in [0.2, 0.25) is 0 Å². The standard InChI is InChI=1S/C18H13ClN6O/c19-12-7-4-8-13(9-12)22-15-14-16(21-10-20-15)24-25-17(14)23-18(26)11-5-2-1-3-6-11/h1-10H,(H3,20,21,22,23,24,25,26). The lowest BCUT2D eigenvalue weighted by Crippen LogP contribution is -2.12. The SMILES string of the molecule is O=C(Nc1[nH]nc2ncnc(Nc3cccc(Cl)c3)c12)c1ccccc1. The molecule has 0 aliphatic rings. The van der Waals surface area contributed by atoms with Crippen LogP contribution in [0, 0.1) is 0 Å². The highest BCUT2D eigenvalue weighted by molar-refractivity contribution is 6.30. The van der Waals surface area contributed by atoms with Crippen molar-refractivity contribution in [2.24, 2.45) is 0 Å². The van der Waals surface area contributed by atoms with Gasteiger partial charge in [0, 0.05) is 16.3 Å². The molecule has 7 nitrogen and oxygen atoms in total. The zero-order valence-electron chi connectivity index (χ0n) is 13.4. The Morgan fingerprint density at radius 1 is 1.04 bits per heavy atom. The van der Waals surface area contributed by atoms with Crippen molar-refractivity contribution >= 4 is 45.9 Å². The minimum atomic E-state index is -0.256. The second-order valence-corrected chi connectivity index (χ2v) is 5.91. The van der Waals surface area contributed by atoms with Crippen LogP contribution >= 0.6 is 11.6 Å². The number of hydrogen-bond acceptors (Lipinski definition) is 5. The van der Waals surface area contributed by atoms with Crippen molar-refractivity contribution in [3.8, 4) is 0 Å². The minimum Gasteiger partial charge on any atom is -0.339 e. The summed E-state index contributed by atoms with van der Waals surface area (Å²) < 4.78 is 0. The number of benzene rings is 2. The number of nitrogens with one attached hydrogen (secondary N) is 3. The number of carbonyl (C=O) groups is 1. The van der Waals surface area contributed by atoms with Crippen LogP contribution in [0.5, 0.6) is 0 Å². The zero-order chi connectivity index (χ0) is 17.9. The van der Waals surface area contributed by atoms with Crippen LogP contribution in [0.1, 0.15) is 10.4 Å². The van der Waals surface area contributed by atoms with Gasteiger partial charge in [-0.25, -0.2) is 9.97 Å². The van der Waals surface area contributed by atoms with E-state index in [2.05, 4.69) is 30.8 Å². The summed E-state index contributed by atoms with van der Waals surface area (Å²) in [4.78, 5) is 20.8. The fraction of sp³-hybridized carbons (Fsp3) is 0. The molecule has 0 aliphatic heterocycles. The maximum Gasteiger partial charge on any atom is 0.256 e. The maximum absolute atomic E-state index is 12.4. The van der Waals surface area contributed by atoms with Crippen LogP contribution in [0.15, 0.2) is 60.9 Å². The number of halogens is 1. The van der Waals surface area contributed by atoms with Crippen molar-refractivity contribution in [2.75, 3.05) is 10.6 Å². The Hall–Kier alpha value is -3.45. The highest BCUT2D eigenvalue weighted by atomic mass is 35.5. The summed E-state index contributed by atoms with van der Waals surface area (Å²) in [6, 6.07) is 16.2. The number of hydrogen-bond donors (Lipinski definition) is 3. The molecule has 0 spiro atoms. The monoisotopic (exact) mass is 364 g/mol. The number of amides is 1. The van der Waals surface area contributed by atoms with Crippen LogP contribution in [-0.2, 0) is 0 Å². The Kier molecular flexibility index (Phi) is 4.20. The zero-order valence-corrected chi connectivity index (χ0v) is 14.2. The van der Waals surface area contributed by atoms with Crippen LogP contribution in [0.3, 0.4) is 0 Å². The third-order valence-corrected chi connectivity index (χ3v) is 3.95. The number of aromatic nitrogens is 4. The molecule has 0 unspecified atom stereocenters. The molecule has 1 amide bonds. The Morgan fingerprint density at radius 3 is 2.69 bits per heavy atom. The van der Waals surface area contributed by atoms with Gasteiger partial charge in [-0.3, -0.25) is 9.89 Å². The van der Waals surface area contributed by atoms with Crippen molar-refractivity contribution in [1.82, 2.24) is 20.2 Å². The van der Waals surface area contributed by atoms with Crippen LogP contribution in [-0.4, -0.2) is 26.1 Å².